The van der Waals surface area contributed by atoms with E-state index in [1.807, 2.05) is 0 Å². The van der Waals surface area contributed by atoms with Crippen LogP contribution in [-0.4, -0.2) is 0 Å². The van der Waals surface area contributed by atoms with Crippen LogP contribution in [-0.2, 0) is 10.8 Å². The largest absolute Gasteiger partial charge is 0.456 e. The van der Waals surface area contributed by atoms with E-state index in [-0.39, 0.29) is 5.41 Å². The van der Waals surface area contributed by atoms with Gasteiger partial charge in [-0.05, 0) is 165 Å². The highest BCUT2D eigenvalue weighted by molar-refractivity contribution is 6.27. The Kier molecular flexibility index (Phi) is 7.38. The van der Waals surface area contributed by atoms with E-state index in [0.29, 0.717) is 0 Å². The van der Waals surface area contributed by atoms with Crippen LogP contribution < -0.4 is 4.90 Å². The molecular weight excluding hydrogens is 847 g/mol. The van der Waals surface area contributed by atoms with E-state index < -0.39 is 5.41 Å². The van der Waals surface area contributed by atoms with Crippen LogP contribution in [0.15, 0.2) is 229 Å². The molecule has 1 spiro atoms. The quantitative estimate of drug-likeness (QED) is 0.164. The first-order valence-electron chi connectivity index (χ1n) is 24.6. The van der Waals surface area contributed by atoms with E-state index >= 15 is 0 Å². The average Bonchev–Trinajstić information content (AvgIpc) is 3.98. The minimum absolute atomic E-state index is 0.176. The van der Waals surface area contributed by atoms with Crippen LogP contribution in [0.3, 0.4) is 0 Å². The van der Waals surface area contributed by atoms with Gasteiger partial charge in [0.15, 0.2) is 0 Å². The Bertz CT molecular complexity index is 4400. The fraction of sp³-hybridized carbons (Fsp3) is 0.0588. The summed E-state index contributed by atoms with van der Waals surface area (Å²) in [5.74, 6) is 0. The first-order valence-corrected chi connectivity index (χ1v) is 24.6. The lowest BCUT2D eigenvalue weighted by molar-refractivity contribution is 0.660. The van der Waals surface area contributed by atoms with E-state index in [0.717, 1.165) is 39.0 Å². The lowest BCUT2D eigenvalue weighted by atomic mass is 9.65. The van der Waals surface area contributed by atoms with Gasteiger partial charge < -0.3 is 9.32 Å². The third-order valence-electron chi connectivity index (χ3n) is 16.6. The lowest BCUT2D eigenvalue weighted by Gasteiger charge is -2.37. The van der Waals surface area contributed by atoms with Crippen LogP contribution >= 0.6 is 0 Å². The second-order valence-electron chi connectivity index (χ2n) is 20.3. The molecule has 16 rings (SSSR count). The van der Waals surface area contributed by atoms with Crippen molar-refractivity contribution in [2.75, 3.05) is 4.90 Å². The monoisotopic (exact) mass is 889 g/mol. The van der Waals surface area contributed by atoms with Crippen LogP contribution in [0, 0.1) is 0 Å². The number of anilines is 3. The number of nitrogens with zero attached hydrogens (tertiary/aromatic N) is 1. The highest BCUT2D eigenvalue weighted by atomic mass is 16.3. The summed E-state index contributed by atoms with van der Waals surface area (Å²) >= 11 is 0. The second kappa shape index (κ2) is 13.5. The normalized spacial score (nSPS) is 15.7. The van der Waals surface area contributed by atoms with Gasteiger partial charge >= 0.3 is 0 Å². The van der Waals surface area contributed by atoms with Gasteiger partial charge in [0.25, 0.3) is 0 Å². The van der Waals surface area contributed by atoms with Gasteiger partial charge in [0.2, 0.25) is 0 Å². The molecule has 2 heteroatoms. The third kappa shape index (κ3) is 4.78. The molecule has 0 saturated carbocycles. The topological polar surface area (TPSA) is 16.4 Å². The van der Waals surface area contributed by atoms with Crippen molar-refractivity contribution in [3.63, 3.8) is 0 Å². The van der Waals surface area contributed by atoms with Crippen LogP contribution in [0.5, 0.6) is 0 Å². The maximum Gasteiger partial charge on any atom is 0.135 e. The van der Waals surface area contributed by atoms with Gasteiger partial charge in [-0.3, -0.25) is 0 Å². The van der Waals surface area contributed by atoms with Gasteiger partial charge in [0.05, 0.1) is 5.41 Å². The lowest BCUT2D eigenvalue weighted by Crippen LogP contribution is -2.29. The number of rotatable bonds is 3. The average molecular weight is 890 g/mol. The summed E-state index contributed by atoms with van der Waals surface area (Å²) in [6, 6.07) is 84.9. The molecule has 326 valence electrons. The van der Waals surface area contributed by atoms with Gasteiger partial charge in [-0.25, -0.2) is 0 Å². The SMILES string of the molecule is CC1(C)c2ccccc2-c2ccc(N(c3ccc4c(c3)C3(c5ccccc5-c5ccccc5-4)c4ccccc4-c4c3cc3ccc5cccc6ccc4c3c56)c3ccc4oc5ccccc5c4c3)cc21. The summed E-state index contributed by atoms with van der Waals surface area (Å²) in [7, 11) is 0. The van der Waals surface area contributed by atoms with Gasteiger partial charge in [-0.1, -0.05) is 184 Å². The van der Waals surface area contributed by atoms with Crippen LogP contribution in [0.25, 0.3) is 98.8 Å². The van der Waals surface area contributed by atoms with Crippen LogP contribution in [0.2, 0.25) is 0 Å². The van der Waals surface area contributed by atoms with E-state index in [1.54, 1.807) is 0 Å². The molecule has 2 nitrogen and oxygen atoms in total. The molecule has 1 aromatic heterocycles. The minimum atomic E-state index is -0.685. The van der Waals surface area contributed by atoms with Crippen molar-refractivity contribution in [2.24, 2.45) is 0 Å². The molecule has 0 radical (unpaired) electrons. The van der Waals surface area contributed by atoms with Crippen molar-refractivity contribution < 1.29 is 4.42 Å². The standard InChI is InChI=1S/C68H43NO/c1-67(2)56-22-9-5-19-49(56)51-34-30-44(38-59(51)67)69(43-31-35-63-55(37-43)52-20-8-12-25-62(52)70-63)45-29-33-50-47-17-4-3-16-46(47)48-18-6-10-23-57(48)68(60(50)39-45)58-24-11-7-21-53(58)66-54-32-28-41-15-13-14-40-26-27-42(36-61(66)68)65(54)64(40)41/h3-39H,1-2H3. The van der Waals surface area contributed by atoms with Crippen molar-refractivity contribution in [2.45, 2.75) is 24.7 Å². The molecular formula is C68H43NO. The highest BCUT2D eigenvalue weighted by Crippen LogP contribution is 2.64. The number of benzene rings is 12. The summed E-state index contributed by atoms with van der Waals surface area (Å²) < 4.78 is 6.46. The van der Waals surface area contributed by atoms with E-state index in [2.05, 4.69) is 243 Å². The summed E-state index contributed by atoms with van der Waals surface area (Å²) in [6.45, 7) is 4.75. The van der Waals surface area contributed by atoms with Gasteiger partial charge in [-0.15, -0.1) is 0 Å². The van der Waals surface area contributed by atoms with E-state index in [9.17, 15) is 0 Å². The summed E-state index contributed by atoms with van der Waals surface area (Å²) in [6.07, 6.45) is 0. The molecule has 0 saturated heterocycles. The van der Waals surface area contributed by atoms with Gasteiger partial charge in [0, 0.05) is 33.2 Å². The van der Waals surface area contributed by atoms with Gasteiger partial charge in [-0.2, -0.15) is 0 Å². The number of fused-ring (bicyclic) bond motifs is 19. The molecule has 1 atom stereocenters. The van der Waals surface area contributed by atoms with Crippen molar-refractivity contribution in [3.05, 3.63) is 258 Å². The first kappa shape index (κ1) is 38.3. The van der Waals surface area contributed by atoms with Crippen LogP contribution in [0.4, 0.5) is 17.1 Å². The Morgan fingerprint density at radius 1 is 0.314 bits per heavy atom. The zero-order valence-corrected chi connectivity index (χ0v) is 38.7. The molecule has 3 aliphatic carbocycles. The Balaban J connectivity index is 1.04. The zero-order chi connectivity index (χ0) is 46.0. The van der Waals surface area contributed by atoms with Crippen molar-refractivity contribution in [1.29, 1.82) is 0 Å². The second-order valence-corrected chi connectivity index (χ2v) is 20.3. The minimum Gasteiger partial charge on any atom is -0.456 e. The molecule has 13 aromatic rings. The number of para-hydroxylation sites is 1. The zero-order valence-electron chi connectivity index (χ0n) is 38.7. The Hall–Kier alpha value is -8.72. The highest BCUT2D eigenvalue weighted by Gasteiger charge is 2.51. The molecule has 0 aliphatic heterocycles. The van der Waals surface area contributed by atoms with Crippen molar-refractivity contribution in [3.8, 4) is 44.5 Å². The maximum atomic E-state index is 6.46. The predicted molar refractivity (Wildman–Crippen MR) is 291 cm³/mol. The van der Waals surface area contributed by atoms with Crippen LogP contribution in [0.1, 0.15) is 47.2 Å². The molecule has 0 fully saturated rings. The molecule has 0 N–H and O–H groups in total. The molecule has 1 unspecified atom stereocenters. The molecule has 1 heterocycles. The summed E-state index contributed by atoms with van der Waals surface area (Å²) in [5.41, 5.74) is 22.4. The fourth-order valence-corrected chi connectivity index (χ4v) is 13.6. The fourth-order valence-electron chi connectivity index (χ4n) is 13.6. The van der Waals surface area contributed by atoms with E-state index in [4.69, 9.17) is 4.42 Å². The Morgan fingerprint density at radius 2 is 0.843 bits per heavy atom. The smallest absolute Gasteiger partial charge is 0.135 e. The molecule has 70 heavy (non-hydrogen) atoms. The molecule has 0 bridgehead atoms. The number of furan rings is 1. The number of hydrogen-bond acceptors (Lipinski definition) is 2. The predicted octanol–water partition coefficient (Wildman–Crippen LogP) is 18.3. The summed E-state index contributed by atoms with van der Waals surface area (Å²) in [5, 5.41) is 10.0. The van der Waals surface area contributed by atoms with Gasteiger partial charge in [0.1, 0.15) is 11.2 Å². The Morgan fingerprint density at radius 3 is 1.60 bits per heavy atom. The molecule has 12 aromatic carbocycles. The number of hydrogen-bond donors (Lipinski definition) is 0. The first-order chi connectivity index (χ1) is 34.5. The summed E-state index contributed by atoms with van der Waals surface area (Å²) in [4.78, 5) is 2.50. The molecule has 3 aliphatic rings. The Labute approximate surface area is 405 Å². The van der Waals surface area contributed by atoms with Crippen molar-refractivity contribution in [1.82, 2.24) is 0 Å². The molecule has 0 amide bonds. The van der Waals surface area contributed by atoms with E-state index in [1.165, 1.54) is 110 Å². The van der Waals surface area contributed by atoms with Crippen molar-refractivity contribution >= 4 is 71.3 Å². The third-order valence-corrected chi connectivity index (χ3v) is 16.6. The maximum absolute atomic E-state index is 6.46.